The quantitative estimate of drug-likeness (QED) is 0.172. The highest BCUT2D eigenvalue weighted by Crippen LogP contribution is 2.69. The van der Waals surface area contributed by atoms with Gasteiger partial charge in [0.05, 0.1) is 11.0 Å². The summed E-state index contributed by atoms with van der Waals surface area (Å²) in [5.74, 6) is 3.50. The number of hydrogen-bond donors (Lipinski definition) is 0. The molecule has 9 aromatic rings. The maximum Gasteiger partial charge on any atom is 0.0541 e. The number of benzene rings is 7. The summed E-state index contributed by atoms with van der Waals surface area (Å²) >= 11 is 1.90. The van der Waals surface area contributed by atoms with Gasteiger partial charge in [-0.15, -0.1) is 11.3 Å². The highest BCUT2D eigenvalue weighted by atomic mass is 32.1. The van der Waals surface area contributed by atoms with Gasteiger partial charge in [-0.25, -0.2) is 0 Å². The summed E-state index contributed by atoms with van der Waals surface area (Å²) in [5.41, 5.74) is 15.3. The van der Waals surface area contributed by atoms with Gasteiger partial charge in [-0.2, -0.15) is 0 Å². The van der Waals surface area contributed by atoms with Gasteiger partial charge < -0.3 is 4.57 Å². The smallest absolute Gasteiger partial charge is 0.0541 e. The summed E-state index contributed by atoms with van der Waals surface area (Å²) in [5, 5.41) is 5.28. The molecule has 54 heavy (non-hydrogen) atoms. The lowest BCUT2D eigenvalue weighted by atomic mass is 9.43. The van der Waals surface area contributed by atoms with Crippen LogP contribution in [0.15, 0.2) is 152 Å². The average molecular weight is 710 g/mol. The first kappa shape index (κ1) is 29.9. The Labute approximate surface area is 319 Å². The Hall–Kier alpha value is -5.44. The minimum absolute atomic E-state index is 0.215. The molecule has 14 rings (SSSR count). The number of hydrogen-bond acceptors (Lipinski definition) is 1. The molecule has 4 saturated carbocycles. The van der Waals surface area contributed by atoms with Crippen LogP contribution in [-0.2, 0) is 5.41 Å². The molecule has 7 aromatic carbocycles. The van der Waals surface area contributed by atoms with Crippen LogP contribution < -0.4 is 0 Å². The summed E-state index contributed by atoms with van der Waals surface area (Å²) < 4.78 is 5.17. The van der Waals surface area contributed by atoms with Gasteiger partial charge >= 0.3 is 0 Å². The fourth-order valence-corrected chi connectivity index (χ4v) is 13.8. The summed E-state index contributed by atoms with van der Waals surface area (Å²) in [7, 11) is 0. The van der Waals surface area contributed by atoms with Crippen molar-refractivity contribution in [3.63, 3.8) is 0 Å². The molecule has 0 aliphatic heterocycles. The molecule has 0 unspecified atom stereocenters. The molecule has 5 aliphatic rings. The van der Waals surface area contributed by atoms with Gasteiger partial charge in [0.1, 0.15) is 0 Å². The van der Waals surface area contributed by atoms with Crippen molar-refractivity contribution >= 4 is 53.3 Å². The Morgan fingerprint density at radius 3 is 2.00 bits per heavy atom. The average Bonchev–Trinajstić information content (AvgIpc) is 3.86. The molecule has 0 N–H and O–H groups in total. The zero-order valence-corrected chi connectivity index (χ0v) is 31.0. The fraction of sp³-hybridized carbons (Fsp3) is 0.192. The summed E-state index contributed by atoms with van der Waals surface area (Å²) in [6.45, 7) is 0. The van der Waals surface area contributed by atoms with Crippen molar-refractivity contribution in [2.45, 2.75) is 37.5 Å². The van der Waals surface area contributed by atoms with Crippen LogP contribution in [0.3, 0.4) is 0 Å². The number of rotatable bonds is 3. The summed E-state index contributed by atoms with van der Waals surface area (Å²) in [6.07, 6.45) is 7.18. The number of nitrogens with zero attached hydrogens (tertiary/aromatic N) is 1. The molecule has 4 bridgehead atoms. The van der Waals surface area contributed by atoms with Crippen molar-refractivity contribution in [1.29, 1.82) is 0 Å². The number of aromatic nitrogens is 1. The van der Waals surface area contributed by atoms with Gasteiger partial charge in [-0.1, -0.05) is 109 Å². The maximum absolute atomic E-state index is 2.56. The molecule has 0 amide bonds. The molecule has 2 aromatic heterocycles. The van der Waals surface area contributed by atoms with Crippen LogP contribution in [0.2, 0.25) is 0 Å². The third-order valence-electron chi connectivity index (χ3n) is 14.4. The monoisotopic (exact) mass is 709 g/mol. The van der Waals surface area contributed by atoms with E-state index in [2.05, 4.69) is 156 Å². The van der Waals surface area contributed by atoms with E-state index in [0.717, 1.165) is 23.7 Å². The van der Waals surface area contributed by atoms with E-state index in [0.29, 0.717) is 0 Å². The van der Waals surface area contributed by atoms with Crippen LogP contribution >= 0.6 is 11.3 Å². The van der Waals surface area contributed by atoms with Crippen molar-refractivity contribution in [3.8, 4) is 39.1 Å². The Morgan fingerprint density at radius 2 is 1.11 bits per heavy atom. The van der Waals surface area contributed by atoms with Gasteiger partial charge in [0.15, 0.2) is 0 Å². The first-order valence-corrected chi connectivity index (χ1v) is 20.8. The second kappa shape index (κ2) is 10.8. The Kier molecular flexibility index (Phi) is 6.01. The van der Waals surface area contributed by atoms with Crippen molar-refractivity contribution in [1.82, 2.24) is 4.57 Å². The fourth-order valence-electron chi connectivity index (χ4n) is 12.6. The van der Waals surface area contributed by atoms with Gasteiger partial charge in [0.25, 0.3) is 0 Å². The highest BCUT2D eigenvalue weighted by molar-refractivity contribution is 7.26. The largest absolute Gasteiger partial charge is 0.309 e. The Bertz CT molecular complexity index is 3000. The second-order valence-electron chi connectivity index (χ2n) is 16.9. The molecule has 0 radical (unpaired) electrons. The van der Waals surface area contributed by atoms with Crippen LogP contribution in [0.4, 0.5) is 0 Å². The third kappa shape index (κ3) is 3.89. The molecule has 5 aliphatic carbocycles. The van der Waals surface area contributed by atoms with Crippen molar-refractivity contribution in [2.24, 2.45) is 23.7 Å². The molecule has 258 valence electrons. The first-order chi connectivity index (χ1) is 26.7. The molecular formula is C52H39NS. The van der Waals surface area contributed by atoms with E-state index < -0.39 is 0 Å². The number of para-hydroxylation sites is 1. The maximum atomic E-state index is 2.56. The third-order valence-corrected chi connectivity index (χ3v) is 15.6. The summed E-state index contributed by atoms with van der Waals surface area (Å²) in [6, 6.07) is 57.9. The lowest BCUT2D eigenvalue weighted by Gasteiger charge is -2.61. The minimum Gasteiger partial charge on any atom is -0.309 e. The molecule has 1 nitrogen and oxygen atoms in total. The van der Waals surface area contributed by atoms with Crippen LogP contribution in [0.5, 0.6) is 0 Å². The van der Waals surface area contributed by atoms with Crippen LogP contribution in [0.1, 0.15) is 43.2 Å². The van der Waals surface area contributed by atoms with E-state index >= 15 is 0 Å². The molecule has 4 fully saturated rings. The molecule has 0 atom stereocenters. The lowest BCUT2D eigenvalue weighted by Crippen LogP contribution is -2.55. The van der Waals surface area contributed by atoms with Crippen molar-refractivity contribution < 1.29 is 0 Å². The minimum atomic E-state index is 0.215. The number of fused-ring (bicyclic) bond motifs is 9. The molecule has 0 saturated heterocycles. The second-order valence-corrected chi connectivity index (χ2v) is 17.9. The summed E-state index contributed by atoms with van der Waals surface area (Å²) in [4.78, 5) is 0. The predicted octanol–water partition coefficient (Wildman–Crippen LogP) is 14.2. The molecule has 1 spiro atoms. The molecular weight excluding hydrogens is 671 g/mol. The van der Waals surface area contributed by atoms with Crippen LogP contribution in [0.25, 0.3) is 81.0 Å². The normalized spacial score (nSPS) is 23.6. The zero-order valence-electron chi connectivity index (χ0n) is 30.1. The first-order valence-electron chi connectivity index (χ1n) is 20.0. The van der Waals surface area contributed by atoms with E-state index in [1.54, 1.807) is 11.1 Å². The van der Waals surface area contributed by atoms with E-state index in [1.807, 2.05) is 11.3 Å². The molecule has 2 heteroatoms. The zero-order chi connectivity index (χ0) is 35.1. The van der Waals surface area contributed by atoms with E-state index in [-0.39, 0.29) is 5.41 Å². The van der Waals surface area contributed by atoms with Gasteiger partial charge in [0, 0.05) is 42.0 Å². The van der Waals surface area contributed by atoms with Gasteiger partial charge in [-0.05, 0) is 143 Å². The van der Waals surface area contributed by atoms with E-state index in [9.17, 15) is 0 Å². The van der Waals surface area contributed by atoms with E-state index in [4.69, 9.17) is 0 Å². The SMILES string of the molecule is c1cc(-c2cccc3c2sc2ccccc23)cc(-n2c3ccccc3c3cc(-c4ccc5c(c4)-c4ccccc4C54C5CC6CC(C5)CC4C6)ccc32)c1. The van der Waals surface area contributed by atoms with Crippen LogP contribution in [0, 0.1) is 23.7 Å². The van der Waals surface area contributed by atoms with E-state index in [1.165, 1.54) is 113 Å². The van der Waals surface area contributed by atoms with Gasteiger partial charge in [-0.3, -0.25) is 0 Å². The Morgan fingerprint density at radius 1 is 0.444 bits per heavy atom. The Balaban J connectivity index is 0.949. The predicted molar refractivity (Wildman–Crippen MR) is 228 cm³/mol. The lowest BCUT2D eigenvalue weighted by molar-refractivity contribution is -0.0399. The van der Waals surface area contributed by atoms with Crippen molar-refractivity contribution in [2.75, 3.05) is 0 Å². The highest BCUT2D eigenvalue weighted by Gasteiger charge is 2.61. The molecule has 2 heterocycles. The van der Waals surface area contributed by atoms with Crippen LogP contribution in [-0.4, -0.2) is 4.57 Å². The topological polar surface area (TPSA) is 4.93 Å². The number of thiophene rings is 1. The van der Waals surface area contributed by atoms with Gasteiger partial charge in [0.2, 0.25) is 0 Å². The standard InChI is InChI=1S/C52H39NS/c1-4-16-46-40(11-1)44-29-33(19-21-47(44)52(46)36-24-31-23-32(26-36)27-37(52)25-31)34-20-22-49-45(30-34)41-12-2-5-17-48(41)53(49)38-10-7-9-35(28-38)39-14-8-15-43-42-13-3-6-18-50(42)54-51(39)43/h1-22,28-32,36-37H,23-27H2. The van der Waals surface area contributed by atoms with Crippen molar-refractivity contribution in [3.05, 3.63) is 163 Å².